The van der Waals surface area contributed by atoms with Crippen LogP contribution in [0.3, 0.4) is 0 Å². The average Bonchev–Trinajstić information content (AvgIpc) is 2.28. The fraction of sp³-hybridized carbons (Fsp3) is 0.533. The van der Waals surface area contributed by atoms with Crippen LogP contribution in [0.2, 0.25) is 0 Å². The second kappa shape index (κ2) is 6.53. The van der Waals surface area contributed by atoms with Crippen molar-refractivity contribution in [2.24, 2.45) is 0 Å². The van der Waals surface area contributed by atoms with Gasteiger partial charge in [0.2, 0.25) is 5.91 Å². The Labute approximate surface area is 124 Å². The van der Waals surface area contributed by atoms with Crippen molar-refractivity contribution >= 4 is 21.8 Å². The van der Waals surface area contributed by atoms with Crippen molar-refractivity contribution in [2.45, 2.75) is 45.8 Å². The number of nitrogens with one attached hydrogen (secondary N) is 1. The number of nitrogens with zero attached hydrogens (tertiary/aromatic N) is 1. The van der Waals surface area contributed by atoms with Gasteiger partial charge in [-0.15, -0.1) is 0 Å². The fourth-order valence-electron chi connectivity index (χ4n) is 1.71. The maximum atomic E-state index is 12.1. The van der Waals surface area contributed by atoms with E-state index >= 15 is 0 Å². The van der Waals surface area contributed by atoms with Gasteiger partial charge in [0.25, 0.3) is 0 Å². The number of halogens is 1. The molecule has 0 aliphatic rings. The smallest absolute Gasteiger partial charge is 0.237 e. The minimum atomic E-state index is -0.195. The van der Waals surface area contributed by atoms with Crippen molar-refractivity contribution in [3.8, 4) is 0 Å². The number of carbonyl (C=O) groups excluding carboxylic acids is 1. The molecule has 1 amide bonds. The Balaban J connectivity index is 2.65. The molecule has 1 aromatic carbocycles. The molecule has 1 atom stereocenters. The highest BCUT2D eigenvalue weighted by molar-refractivity contribution is 9.10. The highest BCUT2D eigenvalue weighted by Crippen LogP contribution is 2.18. The SMILES string of the molecule is CC(C(=O)NC(C)(C)C)N(C)Cc1ccccc1Br. The van der Waals surface area contributed by atoms with Crippen LogP contribution in [0.5, 0.6) is 0 Å². The van der Waals surface area contributed by atoms with E-state index in [0.717, 1.165) is 11.0 Å². The lowest BCUT2D eigenvalue weighted by Gasteiger charge is -2.28. The number of amides is 1. The zero-order valence-corrected chi connectivity index (χ0v) is 13.9. The first kappa shape index (κ1) is 16.2. The van der Waals surface area contributed by atoms with E-state index in [1.54, 1.807) is 0 Å². The first-order valence-electron chi connectivity index (χ1n) is 6.46. The first-order valence-corrected chi connectivity index (χ1v) is 7.25. The van der Waals surface area contributed by atoms with Gasteiger partial charge in [-0.2, -0.15) is 0 Å². The van der Waals surface area contributed by atoms with Crippen molar-refractivity contribution in [3.05, 3.63) is 34.3 Å². The van der Waals surface area contributed by atoms with Crippen molar-refractivity contribution in [1.82, 2.24) is 10.2 Å². The van der Waals surface area contributed by atoms with E-state index < -0.39 is 0 Å². The van der Waals surface area contributed by atoms with Crippen LogP contribution in [-0.2, 0) is 11.3 Å². The largest absolute Gasteiger partial charge is 0.350 e. The molecule has 0 bridgehead atoms. The Hall–Kier alpha value is -0.870. The highest BCUT2D eigenvalue weighted by atomic mass is 79.9. The van der Waals surface area contributed by atoms with Crippen LogP contribution in [0.1, 0.15) is 33.3 Å². The van der Waals surface area contributed by atoms with E-state index in [0.29, 0.717) is 0 Å². The molecule has 1 rings (SSSR count). The van der Waals surface area contributed by atoms with Crippen LogP contribution >= 0.6 is 15.9 Å². The summed E-state index contributed by atoms with van der Waals surface area (Å²) < 4.78 is 1.07. The van der Waals surface area contributed by atoms with Crippen LogP contribution in [0.15, 0.2) is 28.7 Å². The minimum absolute atomic E-state index is 0.0575. The Morgan fingerprint density at radius 1 is 1.37 bits per heavy atom. The third kappa shape index (κ3) is 5.33. The topological polar surface area (TPSA) is 32.3 Å². The van der Waals surface area contributed by atoms with Crippen LogP contribution in [0, 0.1) is 0 Å². The van der Waals surface area contributed by atoms with Crippen molar-refractivity contribution in [2.75, 3.05) is 7.05 Å². The Morgan fingerprint density at radius 3 is 2.47 bits per heavy atom. The number of carbonyl (C=O) groups is 1. The fourth-order valence-corrected chi connectivity index (χ4v) is 2.12. The summed E-state index contributed by atoms with van der Waals surface area (Å²) in [6, 6.07) is 7.92. The lowest BCUT2D eigenvalue weighted by Crippen LogP contribution is -2.49. The van der Waals surface area contributed by atoms with Gasteiger partial charge in [0.1, 0.15) is 0 Å². The summed E-state index contributed by atoms with van der Waals surface area (Å²) in [5.41, 5.74) is 0.986. The van der Waals surface area contributed by atoms with E-state index in [9.17, 15) is 4.79 Å². The lowest BCUT2D eigenvalue weighted by atomic mass is 10.1. The molecule has 0 spiro atoms. The van der Waals surface area contributed by atoms with Crippen molar-refractivity contribution < 1.29 is 4.79 Å². The van der Waals surface area contributed by atoms with Crippen LogP contribution < -0.4 is 5.32 Å². The summed E-state index contributed by atoms with van der Waals surface area (Å²) in [5, 5.41) is 3.01. The molecule has 1 N–H and O–H groups in total. The second-order valence-corrected chi connectivity index (χ2v) is 6.78. The van der Waals surface area contributed by atoms with Gasteiger partial charge in [-0.25, -0.2) is 0 Å². The zero-order chi connectivity index (χ0) is 14.6. The molecule has 0 aromatic heterocycles. The maximum absolute atomic E-state index is 12.1. The average molecular weight is 327 g/mol. The Kier molecular flexibility index (Phi) is 5.56. The summed E-state index contributed by atoms with van der Waals surface area (Å²) in [7, 11) is 1.96. The summed E-state index contributed by atoms with van der Waals surface area (Å²) >= 11 is 3.53. The van der Waals surface area contributed by atoms with E-state index in [2.05, 4.69) is 27.3 Å². The summed E-state index contributed by atoms with van der Waals surface area (Å²) in [4.78, 5) is 14.2. The molecule has 0 saturated heterocycles. The molecule has 4 heteroatoms. The number of rotatable bonds is 4. The molecular weight excluding hydrogens is 304 g/mol. The van der Waals surface area contributed by atoms with Gasteiger partial charge in [0, 0.05) is 16.6 Å². The number of hydrogen-bond donors (Lipinski definition) is 1. The van der Waals surface area contributed by atoms with Crippen LogP contribution in [-0.4, -0.2) is 29.4 Å². The van der Waals surface area contributed by atoms with E-state index in [1.165, 1.54) is 5.56 Å². The predicted octanol–water partition coefficient (Wildman–Crippen LogP) is 3.18. The van der Waals surface area contributed by atoms with Gasteiger partial charge in [-0.05, 0) is 46.4 Å². The molecule has 0 fully saturated rings. The highest BCUT2D eigenvalue weighted by Gasteiger charge is 2.22. The molecule has 19 heavy (non-hydrogen) atoms. The quantitative estimate of drug-likeness (QED) is 0.921. The van der Waals surface area contributed by atoms with E-state index in [-0.39, 0.29) is 17.5 Å². The zero-order valence-electron chi connectivity index (χ0n) is 12.3. The first-order chi connectivity index (χ1) is 8.70. The minimum Gasteiger partial charge on any atom is -0.350 e. The molecule has 1 aromatic rings. The van der Waals surface area contributed by atoms with Gasteiger partial charge >= 0.3 is 0 Å². The monoisotopic (exact) mass is 326 g/mol. The molecule has 106 valence electrons. The summed E-state index contributed by atoms with van der Waals surface area (Å²) in [5.74, 6) is 0.0575. The standard InChI is InChI=1S/C15H23BrN2O/c1-11(14(19)17-15(2,3)4)18(5)10-12-8-6-7-9-13(12)16/h6-9,11H,10H2,1-5H3,(H,17,19). The lowest BCUT2D eigenvalue weighted by molar-refractivity contribution is -0.127. The third-order valence-corrected chi connectivity index (χ3v) is 3.69. The normalized spacial score (nSPS) is 13.4. The molecule has 3 nitrogen and oxygen atoms in total. The second-order valence-electron chi connectivity index (χ2n) is 5.92. The molecular formula is C15H23BrN2O. The van der Waals surface area contributed by atoms with Gasteiger partial charge in [-0.3, -0.25) is 9.69 Å². The van der Waals surface area contributed by atoms with Gasteiger partial charge in [0.05, 0.1) is 6.04 Å². The number of benzene rings is 1. The van der Waals surface area contributed by atoms with Gasteiger partial charge in [-0.1, -0.05) is 34.1 Å². The van der Waals surface area contributed by atoms with Crippen molar-refractivity contribution in [3.63, 3.8) is 0 Å². The maximum Gasteiger partial charge on any atom is 0.237 e. The summed E-state index contributed by atoms with van der Waals surface area (Å²) in [6.45, 7) is 8.64. The molecule has 0 saturated carbocycles. The van der Waals surface area contributed by atoms with E-state index in [1.807, 2.05) is 57.8 Å². The van der Waals surface area contributed by atoms with Gasteiger partial charge < -0.3 is 5.32 Å². The molecule has 0 aliphatic carbocycles. The van der Waals surface area contributed by atoms with Crippen LogP contribution in [0.25, 0.3) is 0 Å². The molecule has 0 radical (unpaired) electrons. The predicted molar refractivity (Wildman–Crippen MR) is 83.0 cm³/mol. The van der Waals surface area contributed by atoms with Crippen molar-refractivity contribution in [1.29, 1.82) is 0 Å². The molecule has 0 aliphatic heterocycles. The number of likely N-dealkylation sites (N-methyl/N-ethyl adjacent to an activating group) is 1. The summed E-state index contributed by atoms with van der Waals surface area (Å²) in [6.07, 6.45) is 0. The number of hydrogen-bond acceptors (Lipinski definition) is 2. The van der Waals surface area contributed by atoms with E-state index in [4.69, 9.17) is 0 Å². The molecule has 1 unspecified atom stereocenters. The molecule has 0 heterocycles. The van der Waals surface area contributed by atoms with Gasteiger partial charge in [0.15, 0.2) is 0 Å². The van der Waals surface area contributed by atoms with Crippen LogP contribution in [0.4, 0.5) is 0 Å². The third-order valence-electron chi connectivity index (χ3n) is 2.92. The Bertz CT molecular complexity index is 440. The Morgan fingerprint density at radius 2 is 1.95 bits per heavy atom.